The minimum Gasteiger partial charge on any atom is -0.331 e. The smallest absolute Gasteiger partial charge is 0.123 e. The van der Waals surface area contributed by atoms with E-state index in [2.05, 4.69) is 14.9 Å². The van der Waals surface area contributed by atoms with Gasteiger partial charge in [-0.2, -0.15) is 0 Å². The van der Waals surface area contributed by atoms with Gasteiger partial charge in [0.2, 0.25) is 0 Å². The molecule has 20 heavy (non-hydrogen) atoms. The third-order valence-corrected chi connectivity index (χ3v) is 4.03. The standard InChI is InChI=1S/C16H20FN3/c17-15-5-3-14(4-6-15)16-11-19-12-20(16)9-7-13-2-1-8-18-10-13/h3-6,11-13,18H,1-2,7-10H2. The van der Waals surface area contributed by atoms with Crippen LogP contribution < -0.4 is 5.32 Å². The molecule has 1 atom stereocenters. The fourth-order valence-corrected chi connectivity index (χ4v) is 2.85. The average molecular weight is 273 g/mol. The normalized spacial score (nSPS) is 19.1. The number of nitrogens with zero attached hydrogens (tertiary/aromatic N) is 2. The molecule has 1 aromatic carbocycles. The molecule has 1 unspecified atom stereocenters. The van der Waals surface area contributed by atoms with Gasteiger partial charge in [-0.15, -0.1) is 0 Å². The van der Waals surface area contributed by atoms with Gasteiger partial charge in [0, 0.05) is 6.54 Å². The van der Waals surface area contributed by atoms with Crippen LogP contribution in [0.2, 0.25) is 0 Å². The molecule has 3 rings (SSSR count). The maximum atomic E-state index is 13.0. The molecule has 3 nitrogen and oxygen atoms in total. The number of nitrogens with one attached hydrogen (secondary N) is 1. The summed E-state index contributed by atoms with van der Waals surface area (Å²) in [6.07, 6.45) is 7.48. The second-order valence-corrected chi connectivity index (χ2v) is 5.48. The highest BCUT2D eigenvalue weighted by atomic mass is 19.1. The van der Waals surface area contributed by atoms with E-state index in [1.165, 1.54) is 25.0 Å². The van der Waals surface area contributed by atoms with Crippen molar-refractivity contribution in [2.45, 2.75) is 25.8 Å². The van der Waals surface area contributed by atoms with Crippen molar-refractivity contribution in [3.63, 3.8) is 0 Å². The van der Waals surface area contributed by atoms with E-state index in [0.29, 0.717) is 0 Å². The Balaban J connectivity index is 1.68. The molecule has 1 fully saturated rings. The number of aromatic nitrogens is 2. The van der Waals surface area contributed by atoms with E-state index in [0.717, 1.165) is 43.2 Å². The number of halogens is 1. The van der Waals surface area contributed by atoms with Crippen LogP contribution >= 0.6 is 0 Å². The molecule has 1 N–H and O–H groups in total. The van der Waals surface area contributed by atoms with Gasteiger partial charge in [0.1, 0.15) is 5.82 Å². The van der Waals surface area contributed by atoms with E-state index in [-0.39, 0.29) is 5.82 Å². The van der Waals surface area contributed by atoms with Gasteiger partial charge in [-0.1, -0.05) is 0 Å². The van der Waals surface area contributed by atoms with Gasteiger partial charge in [0.15, 0.2) is 0 Å². The molecule has 0 aliphatic carbocycles. The summed E-state index contributed by atoms with van der Waals surface area (Å²) < 4.78 is 15.2. The molecule has 1 aliphatic heterocycles. The van der Waals surface area contributed by atoms with Crippen LogP contribution in [0.1, 0.15) is 19.3 Å². The molecule has 2 heterocycles. The molecular formula is C16H20FN3. The van der Waals surface area contributed by atoms with Crippen LogP contribution in [0.15, 0.2) is 36.8 Å². The summed E-state index contributed by atoms with van der Waals surface area (Å²) in [7, 11) is 0. The first-order valence-electron chi connectivity index (χ1n) is 7.30. The Hall–Kier alpha value is -1.68. The van der Waals surface area contributed by atoms with Gasteiger partial charge < -0.3 is 9.88 Å². The third-order valence-electron chi connectivity index (χ3n) is 4.03. The van der Waals surface area contributed by atoms with E-state index in [1.807, 2.05) is 24.7 Å². The number of benzene rings is 1. The predicted molar refractivity (Wildman–Crippen MR) is 77.8 cm³/mol. The Morgan fingerprint density at radius 3 is 2.90 bits per heavy atom. The molecule has 0 radical (unpaired) electrons. The maximum Gasteiger partial charge on any atom is 0.123 e. The number of rotatable bonds is 4. The molecule has 4 heteroatoms. The maximum absolute atomic E-state index is 13.0. The van der Waals surface area contributed by atoms with E-state index in [1.54, 1.807) is 0 Å². The minimum absolute atomic E-state index is 0.201. The lowest BCUT2D eigenvalue weighted by molar-refractivity contribution is 0.342. The van der Waals surface area contributed by atoms with E-state index in [9.17, 15) is 4.39 Å². The Morgan fingerprint density at radius 2 is 2.15 bits per heavy atom. The zero-order chi connectivity index (χ0) is 13.8. The summed E-state index contributed by atoms with van der Waals surface area (Å²) in [5.41, 5.74) is 2.08. The van der Waals surface area contributed by atoms with Crippen LogP contribution in [0.3, 0.4) is 0 Å². The quantitative estimate of drug-likeness (QED) is 0.927. The second-order valence-electron chi connectivity index (χ2n) is 5.48. The Kier molecular flexibility index (Phi) is 4.11. The lowest BCUT2D eigenvalue weighted by atomic mass is 9.96. The first-order valence-corrected chi connectivity index (χ1v) is 7.30. The summed E-state index contributed by atoms with van der Waals surface area (Å²) in [5, 5.41) is 3.45. The average Bonchev–Trinajstić information content (AvgIpc) is 2.95. The van der Waals surface area contributed by atoms with Gasteiger partial charge in [0.05, 0.1) is 18.2 Å². The first kappa shape index (κ1) is 13.3. The monoisotopic (exact) mass is 273 g/mol. The number of hydrogen-bond acceptors (Lipinski definition) is 2. The summed E-state index contributed by atoms with van der Waals surface area (Å²) in [4.78, 5) is 4.24. The van der Waals surface area contributed by atoms with Crippen LogP contribution in [-0.4, -0.2) is 22.6 Å². The lowest BCUT2D eigenvalue weighted by Crippen LogP contribution is -2.30. The van der Waals surface area contributed by atoms with Crippen molar-refractivity contribution in [1.29, 1.82) is 0 Å². The third kappa shape index (κ3) is 3.07. The first-order chi connectivity index (χ1) is 9.83. The number of imidazole rings is 1. The summed E-state index contributed by atoms with van der Waals surface area (Å²) >= 11 is 0. The van der Waals surface area contributed by atoms with Crippen LogP contribution in [-0.2, 0) is 6.54 Å². The summed E-state index contributed by atoms with van der Waals surface area (Å²) in [6, 6.07) is 6.62. The largest absolute Gasteiger partial charge is 0.331 e. The van der Waals surface area contributed by atoms with Crippen molar-refractivity contribution in [1.82, 2.24) is 14.9 Å². The van der Waals surface area contributed by atoms with Crippen LogP contribution in [0.4, 0.5) is 4.39 Å². The van der Waals surface area contributed by atoms with Gasteiger partial charge in [-0.05, 0) is 68.1 Å². The summed E-state index contributed by atoms with van der Waals surface area (Å²) in [6.45, 7) is 3.25. The molecule has 1 saturated heterocycles. The lowest BCUT2D eigenvalue weighted by Gasteiger charge is -2.23. The highest BCUT2D eigenvalue weighted by molar-refractivity contribution is 5.58. The zero-order valence-electron chi connectivity index (χ0n) is 11.6. The molecule has 0 spiro atoms. The molecule has 0 saturated carbocycles. The Morgan fingerprint density at radius 1 is 1.30 bits per heavy atom. The van der Waals surface area contributed by atoms with Gasteiger partial charge in [-0.25, -0.2) is 9.37 Å². The van der Waals surface area contributed by atoms with Gasteiger partial charge in [0.25, 0.3) is 0 Å². The second kappa shape index (κ2) is 6.18. The van der Waals surface area contributed by atoms with Crippen LogP contribution in [0.5, 0.6) is 0 Å². The molecule has 1 aliphatic rings. The molecular weight excluding hydrogens is 253 g/mol. The predicted octanol–water partition coefficient (Wildman–Crippen LogP) is 3.08. The van der Waals surface area contributed by atoms with E-state index in [4.69, 9.17) is 0 Å². The molecule has 0 bridgehead atoms. The van der Waals surface area contributed by atoms with Crippen LogP contribution in [0, 0.1) is 11.7 Å². The van der Waals surface area contributed by atoms with Crippen molar-refractivity contribution in [3.05, 3.63) is 42.6 Å². The molecule has 1 aromatic heterocycles. The highest BCUT2D eigenvalue weighted by Crippen LogP contribution is 2.21. The fourth-order valence-electron chi connectivity index (χ4n) is 2.85. The summed E-state index contributed by atoms with van der Waals surface area (Å²) in [5.74, 6) is 0.556. The fraction of sp³-hybridized carbons (Fsp3) is 0.438. The number of hydrogen-bond donors (Lipinski definition) is 1. The topological polar surface area (TPSA) is 29.9 Å². The number of aryl methyl sites for hydroxylation is 1. The molecule has 2 aromatic rings. The Bertz CT molecular complexity index is 541. The Labute approximate surface area is 118 Å². The minimum atomic E-state index is -0.201. The van der Waals surface area contributed by atoms with Crippen molar-refractivity contribution < 1.29 is 4.39 Å². The number of piperidine rings is 1. The van der Waals surface area contributed by atoms with E-state index < -0.39 is 0 Å². The van der Waals surface area contributed by atoms with Gasteiger partial charge >= 0.3 is 0 Å². The molecule has 0 amide bonds. The highest BCUT2D eigenvalue weighted by Gasteiger charge is 2.13. The van der Waals surface area contributed by atoms with Gasteiger partial charge in [-0.3, -0.25) is 0 Å². The van der Waals surface area contributed by atoms with Crippen LogP contribution in [0.25, 0.3) is 11.3 Å². The van der Waals surface area contributed by atoms with E-state index >= 15 is 0 Å². The van der Waals surface area contributed by atoms with Crippen molar-refractivity contribution in [3.8, 4) is 11.3 Å². The van der Waals surface area contributed by atoms with Crippen molar-refractivity contribution in [2.24, 2.45) is 5.92 Å². The SMILES string of the molecule is Fc1ccc(-c2cncn2CCC2CCCNC2)cc1. The zero-order valence-corrected chi connectivity index (χ0v) is 11.6. The van der Waals surface area contributed by atoms with Crippen molar-refractivity contribution in [2.75, 3.05) is 13.1 Å². The van der Waals surface area contributed by atoms with Crippen molar-refractivity contribution >= 4 is 0 Å². The molecule has 106 valence electrons.